The normalized spacial score (nSPS) is 21.6. The lowest BCUT2D eigenvalue weighted by Gasteiger charge is -2.34. The van der Waals surface area contributed by atoms with Gasteiger partial charge in [-0.05, 0) is 69.7 Å². The summed E-state index contributed by atoms with van der Waals surface area (Å²) in [5.41, 5.74) is 1.85. The van der Waals surface area contributed by atoms with Gasteiger partial charge in [0.15, 0.2) is 0 Å². The van der Waals surface area contributed by atoms with Crippen molar-refractivity contribution in [2.45, 2.75) is 58.1 Å². The number of benzene rings is 1. The summed E-state index contributed by atoms with van der Waals surface area (Å²) in [5, 5.41) is 3.78. The van der Waals surface area contributed by atoms with Gasteiger partial charge in [-0.25, -0.2) is 4.79 Å². The molecule has 160 valence electrons. The van der Waals surface area contributed by atoms with Gasteiger partial charge in [0.25, 0.3) is 0 Å². The molecule has 1 N–H and O–H groups in total. The third-order valence-corrected chi connectivity index (χ3v) is 5.51. The summed E-state index contributed by atoms with van der Waals surface area (Å²) in [4.78, 5) is 26.3. The van der Waals surface area contributed by atoms with Crippen molar-refractivity contribution in [2.24, 2.45) is 5.92 Å². The second kappa shape index (κ2) is 9.35. The third kappa shape index (κ3) is 6.34. The molecule has 1 fully saturated rings. The van der Waals surface area contributed by atoms with E-state index in [-0.39, 0.29) is 30.6 Å². The number of aryl methyl sites for hydroxylation is 1. The molecule has 0 saturated carbocycles. The zero-order chi connectivity index (χ0) is 21.0. The topological polar surface area (TPSA) is 67.9 Å². The Hall–Kier alpha value is -1.79. The van der Waals surface area contributed by atoms with E-state index < -0.39 is 5.60 Å². The van der Waals surface area contributed by atoms with E-state index >= 15 is 0 Å². The molecule has 2 amide bonds. The largest absolute Gasteiger partial charge is 0.444 e. The molecule has 2 unspecified atom stereocenters. The first-order valence-corrected chi connectivity index (χ1v) is 10.7. The van der Waals surface area contributed by atoms with Crippen LogP contribution in [0.2, 0.25) is 5.02 Å². The maximum atomic E-state index is 12.3. The minimum absolute atomic E-state index is 0.0238. The van der Waals surface area contributed by atoms with Crippen molar-refractivity contribution in [3.05, 3.63) is 34.3 Å². The van der Waals surface area contributed by atoms with Crippen LogP contribution in [-0.4, -0.2) is 48.8 Å². The molecule has 6 nitrogen and oxygen atoms in total. The number of carbonyl (C=O) groups is 2. The minimum Gasteiger partial charge on any atom is -0.444 e. The molecule has 0 spiro atoms. The standard InChI is InChI=1S/C22H31ClN2O4/c1-22(2,3)29-21(27)25-10-4-5-15(12-25)13-28-14-20(26)24-19-9-6-16-11-17(23)7-8-18(16)19/h7-8,11,15,19H,4-6,9-10,12-14H2,1-3H3,(H,24,26). The summed E-state index contributed by atoms with van der Waals surface area (Å²) < 4.78 is 11.1. The van der Waals surface area contributed by atoms with Gasteiger partial charge in [-0.1, -0.05) is 17.7 Å². The van der Waals surface area contributed by atoms with Crippen LogP contribution in [0.3, 0.4) is 0 Å². The molecule has 2 aliphatic rings. The number of halogens is 1. The van der Waals surface area contributed by atoms with Gasteiger partial charge in [0, 0.05) is 24.0 Å². The third-order valence-electron chi connectivity index (χ3n) is 5.28. The Bertz CT molecular complexity index is 747. The highest BCUT2D eigenvalue weighted by Crippen LogP contribution is 2.32. The van der Waals surface area contributed by atoms with Crippen LogP contribution in [0, 0.1) is 5.92 Å². The zero-order valence-corrected chi connectivity index (χ0v) is 18.3. The quantitative estimate of drug-likeness (QED) is 0.775. The summed E-state index contributed by atoms with van der Waals surface area (Å²) >= 11 is 6.04. The molecule has 0 bridgehead atoms. The van der Waals surface area contributed by atoms with Gasteiger partial charge < -0.3 is 19.7 Å². The van der Waals surface area contributed by atoms with E-state index in [1.54, 1.807) is 4.90 Å². The Morgan fingerprint density at radius 2 is 2.07 bits per heavy atom. The first-order chi connectivity index (χ1) is 13.7. The second-order valence-electron chi connectivity index (χ2n) is 8.95. The fourth-order valence-electron chi connectivity index (χ4n) is 3.98. The van der Waals surface area contributed by atoms with Crippen LogP contribution in [0.15, 0.2) is 18.2 Å². The molecule has 1 heterocycles. The molecule has 1 aromatic carbocycles. The molecule has 3 rings (SSSR count). The lowest BCUT2D eigenvalue weighted by atomic mass is 9.99. The summed E-state index contributed by atoms with van der Waals surface area (Å²) in [6, 6.07) is 5.85. The number of likely N-dealkylation sites (tertiary alicyclic amines) is 1. The average molecular weight is 423 g/mol. The van der Waals surface area contributed by atoms with Gasteiger partial charge in [-0.3, -0.25) is 4.79 Å². The molecule has 1 saturated heterocycles. The van der Waals surface area contributed by atoms with Crippen LogP contribution in [0.25, 0.3) is 0 Å². The van der Waals surface area contributed by atoms with Crippen molar-refractivity contribution in [2.75, 3.05) is 26.3 Å². The number of hydrogen-bond donors (Lipinski definition) is 1. The SMILES string of the molecule is CC(C)(C)OC(=O)N1CCCC(COCC(=O)NC2CCc3cc(Cl)ccc32)C1. The first-order valence-electron chi connectivity index (χ1n) is 10.3. The number of hydrogen-bond acceptors (Lipinski definition) is 4. The zero-order valence-electron chi connectivity index (χ0n) is 17.5. The van der Waals surface area contributed by atoms with Crippen LogP contribution >= 0.6 is 11.6 Å². The van der Waals surface area contributed by atoms with E-state index in [2.05, 4.69) is 5.32 Å². The molecule has 7 heteroatoms. The number of nitrogens with zero attached hydrogens (tertiary/aromatic N) is 1. The number of ether oxygens (including phenoxy) is 2. The number of rotatable bonds is 5. The highest BCUT2D eigenvalue weighted by molar-refractivity contribution is 6.30. The summed E-state index contributed by atoms with van der Waals surface area (Å²) in [6.45, 7) is 7.40. The van der Waals surface area contributed by atoms with Crippen molar-refractivity contribution in [3.8, 4) is 0 Å². The Labute approximate surface area is 177 Å². The van der Waals surface area contributed by atoms with Crippen molar-refractivity contribution in [1.82, 2.24) is 10.2 Å². The number of piperidine rings is 1. The van der Waals surface area contributed by atoms with Crippen molar-refractivity contribution < 1.29 is 19.1 Å². The van der Waals surface area contributed by atoms with Gasteiger partial charge in [0.2, 0.25) is 5.91 Å². The average Bonchev–Trinajstić information content (AvgIpc) is 3.02. The van der Waals surface area contributed by atoms with E-state index in [4.69, 9.17) is 21.1 Å². The van der Waals surface area contributed by atoms with Crippen molar-refractivity contribution in [1.29, 1.82) is 0 Å². The first kappa shape index (κ1) is 21.9. The van der Waals surface area contributed by atoms with E-state index in [9.17, 15) is 9.59 Å². The Balaban J connectivity index is 1.40. The van der Waals surface area contributed by atoms with E-state index in [0.717, 1.165) is 36.3 Å². The molecule has 1 aliphatic heterocycles. The van der Waals surface area contributed by atoms with Crippen LogP contribution in [-0.2, 0) is 20.7 Å². The fraction of sp³-hybridized carbons (Fsp3) is 0.636. The Morgan fingerprint density at radius 1 is 1.28 bits per heavy atom. The number of nitrogens with one attached hydrogen (secondary N) is 1. The number of amides is 2. The van der Waals surface area contributed by atoms with E-state index in [1.165, 1.54) is 5.56 Å². The van der Waals surface area contributed by atoms with E-state index in [0.29, 0.717) is 19.7 Å². The monoisotopic (exact) mass is 422 g/mol. The Morgan fingerprint density at radius 3 is 2.83 bits per heavy atom. The maximum absolute atomic E-state index is 12.3. The second-order valence-corrected chi connectivity index (χ2v) is 9.39. The molecule has 1 aliphatic carbocycles. The van der Waals surface area contributed by atoms with Crippen LogP contribution in [0.1, 0.15) is 57.2 Å². The molecule has 0 aromatic heterocycles. The van der Waals surface area contributed by atoms with Crippen molar-refractivity contribution in [3.63, 3.8) is 0 Å². The highest BCUT2D eigenvalue weighted by Gasteiger charge is 2.28. The molecule has 0 radical (unpaired) electrons. The van der Waals surface area contributed by atoms with E-state index in [1.807, 2.05) is 39.0 Å². The summed E-state index contributed by atoms with van der Waals surface area (Å²) in [7, 11) is 0. The van der Waals surface area contributed by atoms with Gasteiger partial charge in [0.05, 0.1) is 12.6 Å². The summed E-state index contributed by atoms with van der Waals surface area (Å²) in [5.74, 6) is 0.107. The molecular formula is C22H31ClN2O4. The maximum Gasteiger partial charge on any atom is 0.410 e. The van der Waals surface area contributed by atoms with Gasteiger partial charge in [-0.15, -0.1) is 0 Å². The predicted molar refractivity (Wildman–Crippen MR) is 112 cm³/mol. The fourth-order valence-corrected chi connectivity index (χ4v) is 4.18. The van der Waals surface area contributed by atoms with Gasteiger partial charge in [0.1, 0.15) is 12.2 Å². The van der Waals surface area contributed by atoms with Crippen LogP contribution in [0.4, 0.5) is 4.79 Å². The highest BCUT2D eigenvalue weighted by atomic mass is 35.5. The molecular weight excluding hydrogens is 392 g/mol. The molecule has 2 atom stereocenters. The summed E-state index contributed by atoms with van der Waals surface area (Å²) in [6.07, 6.45) is 3.43. The van der Waals surface area contributed by atoms with Gasteiger partial charge in [-0.2, -0.15) is 0 Å². The predicted octanol–water partition coefficient (Wildman–Crippen LogP) is 4.11. The lowest BCUT2D eigenvalue weighted by molar-refractivity contribution is -0.127. The smallest absolute Gasteiger partial charge is 0.410 e. The van der Waals surface area contributed by atoms with Crippen LogP contribution < -0.4 is 5.32 Å². The van der Waals surface area contributed by atoms with Crippen molar-refractivity contribution >= 4 is 23.6 Å². The van der Waals surface area contributed by atoms with Gasteiger partial charge >= 0.3 is 6.09 Å². The molecule has 29 heavy (non-hydrogen) atoms. The molecule has 1 aromatic rings. The minimum atomic E-state index is -0.497. The number of fused-ring (bicyclic) bond motifs is 1. The van der Waals surface area contributed by atoms with Crippen LogP contribution in [0.5, 0.6) is 0 Å². The number of carbonyl (C=O) groups excluding carboxylic acids is 2. The Kier molecular flexibility index (Phi) is 7.06. The lowest BCUT2D eigenvalue weighted by Crippen LogP contribution is -2.44.